The number of hydrogen-bond donors (Lipinski definition) is 2. The lowest BCUT2D eigenvalue weighted by molar-refractivity contribution is 0.233. The van der Waals surface area contributed by atoms with Crippen LogP contribution in [0.1, 0.15) is 31.2 Å². The van der Waals surface area contributed by atoms with Crippen LogP contribution in [0.5, 0.6) is 0 Å². The summed E-state index contributed by atoms with van der Waals surface area (Å²) in [5.74, 6) is 0. The summed E-state index contributed by atoms with van der Waals surface area (Å²) in [5, 5.41) is 10.7. The number of thioether (sulfide) groups is 1. The van der Waals surface area contributed by atoms with Gasteiger partial charge in [-0.3, -0.25) is 0 Å². The second kappa shape index (κ2) is 8.19. The van der Waals surface area contributed by atoms with Crippen LogP contribution in [0.15, 0.2) is 36.9 Å². The van der Waals surface area contributed by atoms with Crippen LogP contribution in [0.2, 0.25) is 0 Å². The van der Waals surface area contributed by atoms with Gasteiger partial charge in [0.05, 0.1) is 5.69 Å². The Labute approximate surface area is 146 Å². The van der Waals surface area contributed by atoms with Crippen molar-refractivity contribution in [2.45, 2.75) is 43.5 Å². The monoisotopic (exact) mass is 345 g/mol. The quantitative estimate of drug-likeness (QED) is 0.874. The molecular formula is C17H23N5OS. The van der Waals surface area contributed by atoms with Crippen LogP contribution in [0.3, 0.4) is 0 Å². The number of nitrogens with zero attached hydrogens (tertiary/aromatic N) is 3. The van der Waals surface area contributed by atoms with Crippen LogP contribution in [-0.2, 0) is 6.54 Å². The summed E-state index contributed by atoms with van der Waals surface area (Å²) in [6.07, 6.45) is 10.0. The van der Waals surface area contributed by atoms with E-state index in [4.69, 9.17) is 0 Å². The topological polar surface area (TPSA) is 71.8 Å². The number of carbonyl (C=O) groups is 1. The molecule has 2 amide bonds. The molecule has 128 valence electrons. The third-order valence-corrected chi connectivity index (χ3v) is 5.54. The fourth-order valence-electron chi connectivity index (χ4n) is 3.10. The minimum atomic E-state index is -0.0906. The number of hydrogen-bond acceptors (Lipinski definition) is 4. The number of nitrogens with one attached hydrogen (secondary N) is 2. The highest BCUT2D eigenvalue weighted by molar-refractivity contribution is 7.99. The van der Waals surface area contributed by atoms with Crippen molar-refractivity contribution in [3.63, 3.8) is 0 Å². The molecule has 1 aromatic carbocycles. The van der Waals surface area contributed by atoms with E-state index in [0.29, 0.717) is 11.8 Å². The summed E-state index contributed by atoms with van der Waals surface area (Å²) in [6.45, 7) is 0.491. The fraction of sp³-hybridized carbons (Fsp3) is 0.471. The van der Waals surface area contributed by atoms with Gasteiger partial charge in [-0.1, -0.05) is 25.0 Å². The molecule has 1 fully saturated rings. The molecular weight excluding hydrogens is 322 g/mol. The first-order valence-corrected chi connectivity index (χ1v) is 9.56. The van der Waals surface area contributed by atoms with Crippen molar-refractivity contribution in [3.05, 3.63) is 42.5 Å². The number of carbonyl (C=O) groups excluding carboxylic acids is 1. The van der Waals surface area contributed by atoms with Crippen molar-refractivity contribution in [3.8, 4) is 5.69 Å². The number of urea groups is 1. The largest absolute Gasteiger partial charge is 0.334 e. The molecule has 1 saturated carbocycles. The summed E-state index contributed by atoms with van der Waals surface area (Å²) in [5.41, 5.74) is 1.96. The Morgan fingerprint density at radius 3 is 3.04 bits per heavy atom. The Bertz CT molecular complexity index is 661. The van der Waals surface area contributed by atoms with E-state index in [-0.39, 0.29) is 12.1 Å². The molecule has 1 aromatic heterocycles. The maximum atomic E-state index is 12.2. The van der Waals surface area contributed by atoms with E-state index in [1.165, 1.54) is 25.6 Å². The normalized spacial score (nSPS) is 20.5. The third-order valence-electron chi connectivity index (χ3n) is 4.37. The van der Waals surface area contributed by atoms with Crippen LogP contribution in [0, 0.1) is 0 Å². The van der Waals surface area contributed by atoms with Crippen molar-refractivity contribution in [2.75, 3.05) is 6.26 Å². The predicted molar refractivity (Wildman–Crippen MR) is 96.3 cm³/mol. The van der Waals surface area contributed by atoms with Gasteiger partial charge in [-0.15, -0.1) is 0 Å². The molecule has 2 N–H and O–H groups in total. The van der Waals surface area contributed by atoms with Crippen LogP contribution in [0.25, 0.3) is 5.69 Å². The van der Waals surface area contributed by atoms with Crippen LogP contribution in [0.4, 0.5) is 4.79 Å². The lowest BCUT2D eigenvalue weighted by Crippen LogP contribution is -2.47. The van der Waals surface area contributed by atoms with Gasteiger partial charge in [0.1, 0.15) is 12.7 Å². The van der Waals surface area contributed by atoms with E-state index in [9.17, 15) is 4.79 Å². The van der Waals surface area contributed by atoms with Crippen LogP contribution in [-0.4, -0.2) is 38.3 Å². The summed E-state index contributed by atoms with van der Waals surface area (Å²) in [6, 6.07) is 8.09. The van der Waals surface area contributed by atoms with Gasteiger partial charge in [0.25, 0.3) is 0 Å². The highest BCUT2D eigenvalue weighted by Gasteiger charge is 2.25. The molecule has 6 nitrogen and oxygen atoms in total. The zero-order chi connectivity index (χ0) is 16.8. The molecule has 2 aromatic rings. The predicted octanol–water partition coefficient (Wildman–Crippen LogP) is 2.74. The SMILES string of the molecule is CS[C@H]1CCCC[C@@H]1NC(=O)NCc1cccc(-n2cncn2)c1. The molecule has 0 aliphatic heterocycles. The minimum absolute atomic E-state index is 0.0906. The highest BCUT2D eigenvalue weighted by Crippen LogP contribution is 2.27. The van der Waals surface area contributed by atoms with Gasteiger partial charge in [-0.2, -0.15) is 16.9 Å². The number of amides is 2. The third kappa shape index (κ3) is 4.29. The van der Waals surface area contributed by atoms with Crippen molar-refractivity contribution < 1.29 is 4.79 Å². The molecule has 0 spiro atoms. The maximum absolute atomic E-state index is 12.2. The Kier molecular flexibility index (Phi) is 5.74. The Hall–Kier alpha value is -2.02. The lowest BCUT2D eigenvalue weighted by Gasteiger charge is -2.30. The molecule has 24 heavy (non-hydrogen) atoms. The Morgan fingerprint density at radius 1 is 1.38 bits per heavy atom. The zero-order valence-corrected chi connectivity index (χ0v) is 14.6. The Morgan fingerprint density at radius 2 is 2.25 bits per heavy atom. The average molecular weight is 345 g/mol. The van der Waals surface area contributed by atoms with Crippen molar-refractivity contribution in [2.24, 2.45) is 0 Å². The van der Waals surface area contributed by atoms with Crippen molar-refractivity contribution in [1.29, 1.82) is 0 Å². The maximum Gasteiger partial charge on any atom is 0.315 e. The first kappa shape index (κ1) is 16.8. The van der Waals surface area contributed by atoms with Gasteiger partial charge < -0.3 is 10.6 Å². The van der Waals surface area contributed by atoms with Crippen molar-refractivity contribution >= 4 is 17.8 Å². The minimum Gasteiger partial charge on any atom is -0.334 e. The number of rotatable bonds is 5. The zero-order valence-electron chi connectivity index (χ0n) is 13.8. The number of benzene rings is 1. The molecule has 0 saturated heterocycles. The molecule has 1 aliphatic carbocycles. The molecule has 0 bridgehead atoms. The van der Waals surface area contributed by atoms with Gasteiger partial charge in [-0.25, -0.2) is 14.5 Å². The van der Waals surface area contributed by atoms with Crippen molar-refractivity contribution in [1.82, 2.24) is 25.4 Å². The van der Waals surface area contributed by atoms with E-state index in [1.807, 2.05) is 36.0 Å². The van der Waals surface area contributed by atoms with E-state index in [2.05, 4.69) is 27.0 Å². The average Bonchev–Trinajstić information content (AvgIpc) is 3.15. The highest BCUT2D eigenvalue weighted by atomic mass is 32.2. The van der Waals surface area contributed by atoms with E-state index >= 15 is 0 Å². The number of aromatic nitrogens is 3. The standard InChI is InChI=1S/C17H23N5OS/c1-24-16-8-3-2-7-15(16)21-17(23)19-10-13-5-4-6-14(9-13)22-12-18-11-20-22/h4-6,9,11-12,15-16H,2-3,7-8,10H2,1H3,(H2,19,21,23)/t15-,16-/m0/s1. The Balaban J connectivity index is 1.53. The van der Waals surface area contributed by atoms with Crippen LogP contribution < -0.4 is 10.6 Å². The first-order chi connectivity index (χ1) is 11.8. The van der Waals surface area contributed by atoms with E-state index in [1.54, 1.807) is 11.0 Å². The molecule has 0 unspecified atom stereocenters. The summed E-state index contributed by atoms with van der Waals surface area (Å²) >= 11 is 1.85. The van der Waals surface area contributed by atoms with Gasteiger partial charge in [0, 0.05) is 17.8 Å². The van der Waals surface area contributed by atoms with Gasteiger partial charge in [-0.05, 0) is 36.8 Å². The van der Waals surface area contributed by atoms with E-state index in [0.717, 1.165) is 17.7 Å². The molecule has 0 radical (unpaired) electrons. The molecule has 7 heteroatoms. The first-order valence-electron chi connectivity index (χ1n) is 8.27. The summed E-state index contributed by atoms with van der Waals surface area (Å²) < 4.78 is 1.70. The smallest absolute Gasteiger partial charge is 0.315 e. The van der Waals surface area contributed by atoms with Gasteiger partial charge in [0.2, 0.25) is 0 Å². The second-order valence-electron chi connectivity index (χ2n) is 6.00. The van der Waals surface area contributed by atoms with Gasteiger partial charge in [0.15, 0.2) is 0 Å². The van der Waals surface area contributed by atoms with E-state index < -0.39 is 0 Å². The second-order valence-corrected chi connectivity index (χ2v) is 7.08. The summed E-state index contributed by atoms with van der Waals surface area (Å²) in [7, 11) is 0. The molecule has 2 atom stereocenters. The molecule has 1 heterocycles. The molecule has 3 rings (SSSR count). The van der Waals surface area contributed by atoms with Gasteiger partial charge >= 0.3 is 6.03 Å². The van der Waals surface area contributed by atoms with Crippen LogP contribution >= 0.6 is 11.8 Å². The lowest BCUT2D eigenvalue weighted by atomic mass is 9.95. The summed E-state index contributed by atoms with van der Waals surface area (Å²) in [4.78, 5) is 16.2. The molecule has 1 aliphatic rings. The fourth-order valence-corrected chi connectivity index (χ4v) is 4.03.